The highest BCUT2D eigenvalue weighted by Gasteiger charge is 2.15. The van der Waals surface area contributed by atoms with Crippen molar-refractivity contribution >= 4 is 5.78 Å². The Labute approximate surface area is 121 Å². The first kappa shape index (κ1) is 14.9. The van der Waals surface area contributed by atoms with Crippen molar-refractivity contribution in [3.63, 3.8) is 0 Å². The Bertz CT molecular complexity index is 472. The lowest BCUT2D eigenvalue weighted by Gasteiger charge is -2.19. The highest BCUT2D eigenvalue weighted by molar-refractivity contribution is 5.96. The van der Waals surface area contributed by atoms with Gasteiger partial charge in [-0.1, -0.05) is 27.2 Å². The van der Waals surface area contributed by atoms with E-state index in [4.69, 9.17) is 9.47 Å². The van der Waals surface area contributed by atoms with Crippen molar-refractivity contribution in [2.45, 2.75) is 46.5 Å². The van der Waals surface area contributed by atoms with Crippen molar-refractivity contribution in [1.82, 2.24) is 0 Å². The number of benzene rings is 1. The molecule has 0 N–H and O–H groups in total. The maximum Gasteiger partial charge on any atom is 0.163 e. The number of ether oxygens (including phenoxy) is 2. The molecule has 0 fully saturated rings. The van der Waals surface area contributed by atoms with Crippen molar-refractivity contribution < 1.29 is 14.3 Å². The Morgan fingerprint density at radius 3 is 2.50 bits per heavy atom. The van der Waals surface area contributed by atoms with Crippen molar-refractivity contribution in [1.29, 1.82) is 0 Å². The second kappa shape index (κ2) is 6.29. The van der Waals surface area contributed by atoms with Gasteiger partial charge in [0, 0.05) is 12.0 Å². The monoisotopic (exact) mass is 276 g/mol. The fourth-order valence-electron chi connectivity index (χ4n) is 2.30. The van der Waals surface area contributed by atoms with Gasteiger partial charge >= 0.3 is 0 Å². The largest absolute Gasteiger partial charge is 0.486 e. The molecule has 0 amide bonds. The summed E-state index contributed by atoms with van der Waals surface area (Å²) < 4.78 is 11.0. The number of unbranched alkanes of at least 4 members (excludes halogenated alkanes) is 1. The van der Waals surface area contributed by atoms with Gasteiger partial charge in [-0.3, -0.25) is 4.79 Å². The fraction of sp³-hybridized carbons (Fsp3) is 0.588. The van der Waals surface area contributed by atoms with Crippen molar-refractivity contribution in [2.24, 2.45) is 5.41 Å². The minimum absolute atomic E-state index is 0.191. The summed E-state index contributed by atoms with van der Waals surface area (Å²) in [7, 11) is 0. The highest BCUT2D eigenvalue weighted by Crippen LogP contribution is 2.31. The molecule has 0 radical (unpaired) electrons. The molecular formula is C17H24O3. The van der Waals surface area contributed by atoms with Gasteiger partial charge in [0.2, 0.25) is 0 Å². The van der Waals surface area contributed by atoms with Crippen LogP contribution in [0.1, 0.15) is 56.8 Å². The summed E-state index contributed by atoms with van der Waals surface area (Å²) in [6.07, 6.45) is 3.81. The lowest BCUT2D eigenvalue weighted by molar-refractivity contribution is 0.0976. The molecule has 0 unspecified atom stereocenters. The lowest BCUT2D eigenvalue weighted by Crippen LogP contribution is -2.15. The molecule has 0 spiro atoms. The zero-order chi connectivity index (χ0) is 14.6. The normalized spacial score (nSPS) is 14.2. The average molecular weight is 276 g/mol. The van der Waals surface area contributed by atoms with E-state index >= 15 is 0 Å². The molecule has 3 nitrogen and oxygen atoms in total. The van der Waals surface area contributed by atoms with Crippen LogP contribution in [0.4, 0.5) is 0 Å². The first-order valence-electron chi connectivity index (χ1n) is 7.38. The Balaban J connectivity index is 1.86. The van der Waals surface area contributed by atoms with Gasteiger partial charge in [-0.25, -0.2) is 0 Å². The summed E-state index contributed by atoms with van der Waals surface area (Å²) in [6, 6.07) is 5.47. The molecule has 0 aromatic heterocycles. The molecule has 0 atom stereocenters. The van der Waals surface area contributed by atoms with Crippen LogP contribution in [0.2, 0.25) is 0 Å². The smallest absolute Gasteiger partial charge is 0.163 e. The standard InChI is InChI=1S/C17H24O3/c1-17(2,3)9-5-4-6-14(18)13-7-8-15-16(12-13)20-11-10-19-15/h7-8,12H,4-6,9-11H2,1-3H3. The van der Waals surface area contributed by atoms with Gasteiger partial charge in [0.05, 0.1) is 0 Å². The molecule has 0 aliphatic carbocycles. The summed E-state index contributed by atoms with van der Waals surface area (Å²) in [6.45, 7) is 7.82. The van der Waals surface area contributed by atoms with Crippen LogP contribution in [0.25, 0.3) is 0 Å². The van der Waals surface area contributed by atoms with E-state index in [1.807, 2.05) is 12.1 Å². The van der Waals surface area contributed by atoms with Crippen LogP contribution >= 0.6 is 0 Å². The van der Waals surface area contributed by atoms with E-state index in [9.17, 15) is 4.79 Å². The van der Waals surface area contributed by atoms with Crippen LogP contribution in [-0.2, 0) is 0 Å². The maximum atomic E-state index is 12.2. The van der Waals surface area contributed by atoms with Crippen LogP contribution in [0.15, 0.2) is 18.2 Å². The van der Waals surface area contributed by atoms with E-state index in [0.29, 0.717) is 30.8 Å². The van der Waals surface area contributed by atoms with E-state index in [2.05, 4.69) is 20.8 Å². The van der Waals surface area contributed by atoms with Crippen LogP contribution in [0.3, 0.4) is 0 Å². The molecule has 1 aromatic carbocycles. The number of hydrogen-bond acceptors (Lipinski definition) is 3. The third kappa shape index (κ3) is 4.26. The highest BCUT2D eigenvalue weighted by atomic mass is 16.6. The molecule has 1 heterocycles. The van der Waals surface area contributed by atoms with E-state index in [0.717, 1.165) is 30.6 Å². The molecule has 0 saturated carbocycles. The van der Waals surface area contributed by atoms with Gasteiger partial charge in [-0.15, -0.1) is 0 Å². The summed E-state index contributed by atoms with van der Waals surface area (Å²) in [5, 5.41) is 0. The van der Waals surface area contributed by atoms with Gasteiger partial charge in [0.15, 0.2) is 17.3 Å². The summed E-state index contributed by atoms with van der Waals surface area (Å²) in [5.74, 6) is 1.62. The molecule has 2 rings (SSSR count). The molecule has 1 aromatic rings. The first-order valence-corrected chi connectivity index (χ1v) is 7.38. The lowest BCUT2D eigenvalue weighted by atomic mass is 9.89. The van der Waals surface area contributed by atoms with Gasteiger partial charge in [-0.2, -0.15) is 0 Å². The minimum Gasteiger partial charge on any atom is -0.486 e. The quantitative estimate of drug-likeness (QED) is 0.596. The number of carbonyl (C=O) groups is 1. The van der Waals surface area contributed by atoms with Crippen LogP contribution < -0.4 is 9.47 Å². The van der Waals surface area contributed by atoms with E-state index in [1.165, 1.54) is 0 Å². The number of Topliss-reactive ketones (excluding diaryl/α,β-unsaturated/α-hetero) is 1. The fourth-order valence-corrected chi connectivity index (χ4v) is 2.30. The van der Waals surface area contributed by atoms with Gasteiger partial charge < -0.3 is 9.47 Å². The minimum atomic E-state index is 0.191. The van der Waals surface area contributed by atoms with E-state index in [-0.39, 0.29) is 5.78 Å². The van der Waals surface area contributed by atoms with E-state index in [1.54, 1.807) is 6.07 Å². The Hall–Kier alpha value is -1.51. The zero-order valence-electron chi connectivity index (χ0n) is 12.7. The predicted octanol–water partition coefficient (Wildman–Crippen LogP) is 4.25. The first-order chi connectivity index (χ1) is 9.46. The Morgan fingerprint density at radius 1 is 1.10 bits per heavy atom. The van der Waals surface area contributed by atoms with Gasteiger partial charge in [-0.05, 0) is 36.5 Å². The van der Waals surface area contributed by atoms with Crippen LogP contribution in [0, 0.1) is 5.41 Å². The third-order valence-electron chi connectivity index (χ3n) is 3.44. The number of rotatable bonds is 5. The molecular weight excluding hydrogens is 252 g/mol. The number of fused-ring (bicyclic) bond motifs is 1. The molecule has 0 bridgehead atoms. The molecule has 0 saturated heterocycles. The zero-order valence-corrected chi connectivity index (χ0v) is 12.7. The SMILES string of the molecule is CC(C)(C)CCCCC(=O)c1ccc2c(c1)OCCO2. The van der Waals surface area contributed by atoms with E-state index < -0.39 is 0 Å². The van der Waals surface area contributed by atoms with Crippen LogP contribution in [0.5, 0.6) is 11.5 Å². The molecule has 20 heavy (non-hydrogen) atoms. The second-order valence-electron chi connectivity index (χ2n) is 6.55. The second-order valence-corrected chi connectivity index (χ2v) is 6.55. The molecule has 110 valence electrons. The Kier molecular flexibility index (Phi) is 4.69. The maximum absolute atomic E-state index is 12.2. The van der Waals surface area contributed by atoms with Gasteiger partial charge in [0.25, 0.3) is 0 Å². The average Bonchev–Trinajstić information content (AvgIpc) is 2.42. The number of hydrogen-bond donors (Lipinski definition) is 0. The Morgan fingerprint density at radius 2 is 1.80 bits per heavy atom. The molecule has 1 aliphatic heterocycles. The molecule has 1 aliphatic rings. The summed E-state index contributed by atoms with van der Waals surface area (Å²) in [5.41, 5.74) is 1.07. The molecule has 3 heteroatoms. The van der Waals surface area contributed by atoms with Gasteiger partial charge in [0.1, 0.15) is 13.2 Å². The summed E-state index contributed by atoms with van der Waals surface area (Å²) in [4.78, 5) is 12.2. The summed E-state index contributed by atoms with van der Waals surface area (Å²) >= 11 is 0. The van der Waals surface area contributed by atoms with Crippen molar-refractivity contribution in [3.05, 3.63) is 23.8 Å². The van der Waals surface area contributed by atoms with Crippen molar-refractivity contribution in [3.8, 4) is 11.5 Å². The van der Waals surface area contributed by atoms with Crippen molar-refractivity contribution in [2.75, 3.05) is 13.2 Å². The number of carbonyl (C=O) groups excluding carboxylic acids is 1. The third-order valence-corrected chi connectivity index (χ3v) is 3.44. The topological polar surface area (TPSA) is 35.5 Å². The predicted molar refractivity (Wildman–Crippen MR) is 79.7 cm³/mol. The number of ketones is 1. The van der Waals surface area contributed by atoms with Crippen LogP contribution in [-0.4, -0.2) is 19.0 Å².